The van der Waals surface area contributed by atoms with Gasteiger partial charge in [-0.3, -0.25) is 4.79 Å². The van der Waals surface area contributed by atoms with Gasteiger partial charge in [-0.2, -0.15) is 0 Å². The number of nitrogens with zero attached hydrogens (tertiary/aromatic N) is 2. The number of nitrogen functional groups attached to an aromatic ring is 1. The zero-order valence-electron chi connectivity index (χ0n) is 9.54. The molecule has 1 amide bonds. The largest absolute Gasteiger partial charge is 0.383 e. The predicted octanol–water partition coefficient (Wildman–Crippen LogP) is -0.970. The molecule has 1 aromatic heterocycles. The van der Waals surface area contributed by atoms with E-state index in [9.17, 15) is 13.2 Å². The van der Waals surface area contributed by atoms with Gasteiger partial charge < -0.3 is 10.6 Å². The van der Waals surface area contributed by atoms with Crippen LogP contribution in [0.1, 0.15) is 0 Å². The van der Waals surface area contributed by atoms with E-state index in [1.807, 2.05) is 0 Å². The smallest absolute Gasteiger partial charge is 0.244 e. The van der Waals surface area contributed by atoms with E-state index < -0.39 is 10.0 Å². The second kappa shape index (κ2) is 5.11. The summed E-state index contributed by atoms with van der Waals surface area (Å²) in [7, 11) is -0.731. The lowest BCUT2D eigenvalue weighted by Crippen LogP contribution is -2.36. The van der Waals surface area contributed by atoms with E-state index >= 15 is 0 Å². The van der Waals surface area contributed by atoms with Gasteiger partial charge in [-0.25, -0.2) is 18.1 Å². The van der Waals surface area contributed by atoms with Crippen LogP contribution in [0.5, 0.6) is 0 Å². The van der Waals surface area contributed by atoms with Crippen molar-refractivity contribution in [2.24, 2.45) is 0 Å². The molecule has 0 saturated carbocycles. The second-order valence-electron chi connectivity index (χ2n) is 3.50. The maximum atomic E-state index is 11.8. The summed E-state index contributed by atoms with van der Waals surface area (Å²) in [5, 5.41) is 0. The Labute approximate surface area is 99.7 Å². The number of amides is 1. The van der Waals surface area contributed by atoms with E-state index in [1.165, 1.54) is 37.3 Å². The number of rotatable bonds is 4. The number of hydrogen-bond acceptors (Lipinski definition) is 5. The monoisotopic (exact) mass is 258 g/mol. The first-order valence-electron chi connectivity index (χ1n) is 4.75. The molecule has 0 aliphatic rings. The van der Waals surface area contributed by atoms with Crippen LogP contribution in [0.2, 0.25) is 0 Å². The van der Waals surface area contributed by atoms with Crippen molar-refractivity contribution in [2.45, 2.75) is 4.90 Å². The molecule has 8 heteroatoms. The topological polar surface area (TPSA) is 105 Å². The first kappa shape index (κ1) is 13.4. The fraction of sp³-hybridized carbons (Fsp3) is 0.333. The molecule has 3 N–H and O–H groups in total. The van der Waals surface area contributed by atoms with Crippen LogP contribution in [0, 0.1) is 0 Å². The number of sulfonamides is 1. The van der Waals surface area contributed by atoms with Gasteiger partial charge in [0.15, 0.2) is 0 Å². The first-order valence-corrected chi connectivity index (χ1v) is 6.23. The number of nitrogens with one attached hydrogen (secondary N) is 1. The number of aromatic nitrogens is 1. The maximum absolute atomic E-state index is 11.8. The third kappa shape index (κ3) is 3.40. The molecule has 0 spiro atoms. The molecule has 94 valence electrons. The summed E-state index contributed by atoms with van der Waals surface area (Å²) >= 11 is 0. The summed E-state index contributed by atoms with van der Waals surface area (Å²) < 4.78 is 25.7. The van der Waals surface area contributed by atoms with Crippen LogP contribution in [-0.4, -0.2) is 44.8 Å². The Morgan fingerprint density at radius 1 is 1.53 bits per heavy atom. The minimum absolute atomic E-state index is 0.0997. The highest BCUT2D eigenvalue weighted by Gasteiger charge is 2.19. The molecule has 0 radical (unpaired) electrons. The molecule has 17 heavy (non-hydrogen) atoms. The van der Waals surface area contributed by atoms with Crippen LogP contribution in [0.3, 0.4) is 0 Å². The first-order chi connectivity index (χ1) is 7.84. The predicted molar refractivity (Wildman–Crippen MR) is 62.5 cm³/mol. The molecule has 1 aromatic rings. The van der Waals surface area contributed by atoms with Crippen molar-refractivity contribution in [3.05, 3.63) is 18.3 Å². The van der Waals surface area contributed by atoms with E-state index in [-0.39, 0.29) is 23.2 Å². The Morgan fingerprint density at radius 2 is 2.18 bits per heavy atom. The zero-order chi connectivity index (χ0) is 13.1. The van der Waals surface area contributed by atoms with Crippen molar-refractivity contribution in [3.8, 4) is 0 Å². The summed E-state index contributed by atoms with van der Waals surface area (Å²) in [6.07, 6.45) is 1.39. The lowest BCUT2D eigenvalue weighted by atomic mass is 10.5. The van der Waals surface area contributed by atoms with E-state index in [0.717, 1.165) is 0 Å². The zero-order valence-corrected chi connectivity index (χ0v) is 10.4. The van der Waals surface area contributed by atoms with Gasteiger partial charge in [0.05, 0.1) is 6.54 Å². The average molecular weight is 258 g/mol. The highest BCUT2D eigenvalue weighted by atomic mass is 32.2. The SMILES string of the molecule is CN(C)C(=O)CNS(=O)(=O)c1cccnc1N. The van der Waals surface area contributed by atoms with Crippen molar-refractivity contribution in [1.82, 2.24) is 14.6 Å². The van der Waals surface area contributed by atoms with Gasteiger partial charge in [-0.15, -0.1) is 0 Å². The van der Waals surface area contributed by atoms with Gasteiger partial charge in [0, 0.05) is 20.3 Å². The molecule has 0 aliphatic heterocycles. The Morgan fingerprint density at radius 3 is 2.71 bits per heavy atom. The summed E-state index contributed by atoms with van der Waals surface area (Å²) in [6, 6.07) is 2.78. The number of anilines is 1. The van der Waals surface area contributed by atoms with Gasteiger partial charge in [-0.1, -0.05) is 0 Å². The van der Waals surface area contributed by atoms with Gasteiger partial charge in [0.2, 0.25) is 15.9 Å². The summed E-state index contributed by atoms with van der Waals surface area (Å²) in [4.78, 5) is 16.1. The van der Waals surface area contributed by atoms with E-state index in [1.54, 1.807) is 0 Å². The normalized spacial score (nSPS) is 11.2. The van der Waals surface area contributed by atoms with Crippen molar-refractivity contribution >= 4 is 21.7 Å². The third-order valence-electron chi connectivity index (χ3n) is 2.00. The lowest BCUT2D eigenvalue weighted by Gasteiger charge is -2.11. The van der Waals surface area contributed by atoms with Crippen LogP contribution in [-0.2, 0) is 14.8 Å². The van der Waals surface area contributed by atoms with Gasteiger partial charge in [0.25, 0.3) is 0 Å². The second-order valence-corrected chi connectivity index (χ2v) is 5.23. The molecular weight excluding hydrogens is 244 g/mol. The van der Waals surface area contributed by atoms with Crippen molar-refractivity contribution < 1.29 is 13.2 Å². The van der Waals surface area contributed by atoms with Crippen LogP contribution >= 0.6 is 0 Å². The van der Waals surface area contributed by atoms with E-state index in [4.69, 9.17) is 5.73 Å². The molecule has 0 saturated heterocycles. The molecule has 0 unspecified atom stereocenters. The summed E-state index contributed by atoms with van der Waals surface area (Å²) in [6.45, 7) is -0.316. The van der Waals surface area contributed by atoms with E-state index in [0.29, 0.717) is 0 Å². The summed E-state index contributed by atoms with van der Waals surface area (Å²) in [5.41, 5.74) is 5.45. The van der Waals surface area contributed by atoms with Crippen LogP contribution in [0.4, 0.5) is 5.82 Å². The van der Waals surface area contributed by atoms with Crippen LogP contribution in [0.15, 0.2) is 23.2 Å². The molecule has 0 aromatic carbocycles. The van der Waals surface area contributed by atoms with Crippen molar-refractivity contribution in [3.63, 3.8) is 0 Å². The van der Waals surface area contributed by atoms with Crippen LogP contribution < -0.4 is 10.5 Å². The van der Waals surface area contributed by atoms with Crippen molar-refractivity contribution in [1.29, 1.82) is 0 Å². The fourth-order valence-electron chi connectivity index (χ4n) is 1.02. The number of nitrogens with two attached hydrogens (primary N) is 1. The summed E-state index contributed by atoms with van der Waals surface area (Å²) in [5.74, 6) is -0.451. The van der Waals surface area contributed by atoms with Gasteiger partial charge in [-0.05, 0) is 12.1 Å². The Bertz CT molecular complexity index is 513. The Kier molecular flexibility index (Phi) is 4.02. The highest BCUT2D eigenvalue weighted by Crippen LogP contribution is 2.13. The Balaban J connectivity index is 2.84. The number of likely N-dealkylation sites (N-methyl/N-ethyl adjacent to an activating group) is 1. The van der Waals surface area contributed by atoms with Gasteiger partial charge in [0.1, 0.15) is 10.7 Å². The molecule has 0 fully saturated rings. The number of carbonyl (C=O) groups is 1. The quantitative estimate of drug-likeness (QED) is 0.723. The molecule has 1 rings (SSSR count). The standard InChI is InChI=1S/C9H14N4O3S/c1-13(2)8(14)6-12-17(15,16)7-4-3-5-11-9(7)10/h3-5,12H,6H2,1-2H3,(H2,10,11). The van der Waals surface area contributed by atoms with Crippen LogP contribution in [0.25, 0.3) is 0 Å². The minimum atomic E-state index is -3.80. The number of carbonyl (C=O) groups excluding carboxylic acids is 1. The molecule has 0 atom stereocenters. The number of pyridine rings is 1. The van der Waals surface area contributed by atoms with Crippen molar-refractivity contribution in [2.75, 3.05) is 26.4 Å². The lowest BCUT2D eigenvalue weighted by molar-refractivity contribution is -0.127. The van der Waals surface area contributed by atoms with E-state index in [2.05, 4.69) is 9.71 Å². The highest BCUT2D eigenvalue weighted by molar-refractivity contribution is 7.89. The average Bonchev–Trinajstić information content (AvgIpc) is 2.26. The molecule has 1 heterocycles. The van der Waals surface area contributed by atoms with Gasteiger partial charge >= 0.3 is 0 Å². The maximum Gasteiger partial charge on any atom is 0.244 e. The molecule has 0 aliphatic carbocycles. The number of hydrogen-bond donors (Lipinski definition) is 2. The fourth-order valence-corrected chi connectivity index (χ4v) is 2.08. The Hall–Kier alpha value is -1.67. The minimum Gasteiger partial charge on any atom is -0.383 e. The molecule has 0 bridgehead atoms. The molecule has 7 nitrogen and oxygen atoms in total. The third-order valence-corrected chi connectivity index (χ3v) is 3.45. The molecular formula is C9H14N4O3S.